The van der Waals surface area contributed by atoms with E-state index in [4.69, 9.17) is 11.6 Å². The normalized spacial score (nSPS) is 15.5. The summed E-state index contributed by atoms with van der Waals surface area (Å²) in [5.74, 6) is -0.0811. The lowest BCUT2D eigenvalue weighted by Crippen LogP contribution is -2.35. The minimum Gasteiger partial charge on any atom is -0.345 e. The van der Waals surface area contributed by atoms with Crippen molar-refractivity contribution in [3.8, 4) is 0 Å². The second kappa shape index (κ2) is 8.85. The van der Waals surface area contributed by atoms with Crippen LogP contribution < -0.4 is 5.32 Å². The monoisotopic (exact) mass is 446 g/mol. The molecule has 0 radical (unpaired) electrons. The molecule has 9 heteroatoms. The smallest absolute Gasteiger partial charge is 0.243 e. The number of carbonyl (C=O) groups is 1. The number of nitrogens with zero attached hydrogens (tertiary/aromatic N) is 2. The van der Waals surface area contributed by atoms with Crippen LogP contribution in [-0.2, 0) is 16.6 Å². The third-order valence-electron chi connectivity index (χ3n) is 5.32. The van der Waals surface area contributed by atoms with E-state index in [1.54, 1.807) is 36.7 Å². The molecule has 1 saturated heterocycles. The summed E-state index contributed by atoms with van der Waals surface area (Å²) in [5, 5.41) is 4.31. The SMILES string of the molecule is O=C(CNCc1cc(S(=O)(=O)N2CCCCC2)ccc1Cl)c1c[nH]c2ncccc12. The molecule has 0 aliphatic carbocycles. The van der Waals surface area contributed by atoms with Gasteiger partial charge in [-0.25, -0.2) is 13.4 Å². The minimum absolute atomic E-state index is 0.0811. The van der Waals surface area contributed by atoms with E-state index in [1.165, 1.54) is 4.31 Å². The van der Waals surface area contributed by atoms with Gasteiger partial charge < -0.3 is 10.3 Å². The average Bonchev–Trinajstić information content (AvgIpc) is 3.20. The van der Waals surface area contributed by atoms with Crippen molar-refractivity contribution < 1.29 is 13.2 Å². The van der Waals surface area contributed by atoms with Gasteiger partial charge in [0.05, 0.1) is 11.4 Å². The first-order valence-electron chi connectivity index (χ1n) is 9.91. The van der Waals surface area contributed by atoms with Crippen LogP contribution in [0.2, 0.25) is 5.02 Å². The van der Waals surface area contributed by atoms with Crippen LogP contribution in [0.1, 0.15) is 35.2 Å². The Bertz CT molecular complexity index is 1170. The number of pyridine rings is 1. The zero-order valence-electron chi connectivity index (χ0n) is 16.4. The molecule has 1 aliphatic rings. The van der Waals surface area contributed by atoms with Crippen molar-refractivity contribution in [3.63, 3.8) is 0 Å². The molecule has 0 unspecified atom stereocenters. The molecule has 0 amide bonds. The standard InChI is InChI=1S/C21H23ClN4O3S/c22-19-7-6-16(30(28,29)26-9-2-1-3-10-26)11-15(19)12-23-14-20(27)18-13-25-21-17(18)5-4-8-24-21/h4-8,11,13,23H,1-3,9-10,12,14H2,(H,24,25). The average molecular weight is 447 g/mol. The van der Waals surface area contributed by atoms with E-state index in [0.29, 0.717) is 34.9 Å². The Morgan fingerprint density at radius 2 is 2.00 bits per heavy atom. The van der Waals surface area contributed by atoms with Crippen LogP contribution in [0.25, 0.3) is 11.0 Å². The molecule has 1 aromatic carbocycles. The first-order valence-corrected chi connectivity index (χ1v) is 11.7. The van der Waals surface area contributed by atoms with E-state index in [1.807, 2.05) is 6.07 Å². The highest BCUT2D eigenvalue weighted by Crippen LogP contribution is 2.25. The Balaban J connectivity index is 1.44. The van der Waals surface area contributed by atoms with Gasteiger partial charge in [0, 0.05) is 48.0 Å². The maximum atomic E-state index is 12.9. The van der Waals surface area contributed by atoms with Gasteiger partial charge in [0.2, 0.25) is 10.0 Å². The fraction of sp³-hybridized carbons (Fsp3) is 0.333. The van der Waals surface area contributed by atoms with Crippen molar-refractivity contribution in [1.29, 1.82) is 0 Å². The molecule has 2 aromatic heterocycles. The van der Waals surface area contributed by atoms with Crippen LogP contribution in [0, 0.1) is 0 Å². The minimum atomic E-state index is -3.53. The van der Waals surface area contributed by atoms with Crippen LogP contribution >= 0.6 is 11.6 Å². The molecule has 158 valence electrons. The second-order valence-electron chi connectivity index (χ2n) is 7.35. The first kappa shape index (κ1) is 21.0. The van der Waals surface area contributed by atoms with Gasteiger partial charge in [-0.15, -0.1) is 0 Å². The summed E-state index contributed by atoms with van der Waals surface area (Å²) in [5.41, 5.74) is 1.88. The molecule has 0 bridgehead atoms. The van der Waals surface area contributed by atoms with Crippen LogP contribution in [-0.4, -0.2) is 48.1 Å². The molecule has 2 N–H and O–H groups in total. The molecule has 1 fully saturated rings. The number of H-pyrrole nitrogens is 1. The molecule has 7 nitrogen and oxygen atoms in total. The molecular weight excluding hydrogens is 424 g/mol. The number of ketones is 1. The number of piperidine rings is 1. The maximum absolute atomic E-state index is 12.9. The van der Waals surface area contributed by atoms with Crippen LogP contribution in [0.4, 0.5) is 0 Å². The highest BCUT2D eigenvalue weighted by molar-refractivity contribution is 7.89. The predicted molar refractivity (Wildman–Crippen MR) is 116 cm³/mol. The number of Topliss-reactive ketones (excluding diaryl/α,β-unsaturated/α-hetero) is 1. The molecule has 30 heavy (non-hydrogen) atoms. The summed E-state index contributed by atoms with van der Waals surface area (Å²) in [6.07, 6.45) is 6.14. The lowest BCUT2D eigenvalue weighted by atomic mass is 10.1. The topological polar surface area (TPSA) is 95.2 Å². The number of halogens is 1. The van der Waals surface area contributed by atoms with Crippen molar-refractivity contribution in [3.05, 3.63) is 58.9 Å². The summed E-state index contributed by atoms with van der Waals surface area (Å²) >= 11 is 6.28. The number of sulfonamides is 1. The van der Waals surface area contributed by atoms with Gasteiger partial charge in [0.25, 0.3) is 0 Å². The maximum Gasteiger partial charge on any atom is 0.243 e. The number of benzene rings is 1. The van der Waals surface area contributed by atoms with E-state index in [9.17, 15) is 13.2 Å². The molecular formula is C21H23ClN4O3S. The molecule has 4 rings (SSSR count). The third-order valence-corrected chi connectivity index (χ3v) is 7.59. The molecule has 3 aromatic rings. The quantitative estimate of drug-likeness (QED) is 0.542. The lowest BCUT2D eigenvalue weighted by Gasteiger charge is -2.26. The van der Waals surface area contributed by atoms with E-state index in [2.05, 4.69) is 15.3 Å². The van der Waals surface area contributed by atoms with Gasteiger partial charge in [-0.3, -0.25) is 4.79 Å². The Morgan fingerprint density at radius 3 is 2.80 bits per heavy atom. The number of carbonyl (C=O) groups excluding carboxylic acids is 1. The first-order chi connectivity index (χ1) is 14.5. The van der Waals surface area contributed by atoms with Crippen LogP contribution in [0.15, 0.2) is 47.6 Å². The molecule has 0 atom stereocenters. The predicted octanol–water partition coefficient (Wildman–Crippen LogP) is 3.36. The highest BCUT2D eigenvalue weighted by Gasteiger charge is 2.26. The van der Waals surface area contributed by atoms with Crippen molar-refractivity contribution >= 4 is 38.4 Å². The van der Waals surface area contributed by atoms with Crippen molar-refractivity contribution in [2.45, 2.75) is 30.7 Å². The largest absolute Gasteiger partial charge is 0.345 e. The van der Waals surface area contributed by atoms with Crippen LogP contribution in [0.3, 0.4) is 0 Å². The Hall–Kier alpha value is -2.26. The highest BCUT2D eigenvalue weighted by atomic mass is 35.5. The molecule has 0 spiro atoms. The van der Waals surface area contributed by atoms with Gasteiger partial charge in [-0.05, 0) is 48.7 Å². The number of nitrogens with one attached hydrogen (secondary N) is 2. The number of hydrogen-bond donors (Lipinski definition) is 2. The van der Waals surface area contributed by atoms with Gasteiger partial charge in [-0.1, -0.05) is 18.0 Å². The zero-order chi connectivity index (χ0) is 21.1. The number of rotatable bonds is 7. The van der Waals surface area contributed by atoms with Gasteiger partial charge in [-0.2, -0.15) is 4.31 Å². The molecule has 1 aliphatic heterocycles. The fourth-order valence-electron chi connectivity index (χ4n) is 3.69. The number of fused-ring (bicyclic) bond motifs is 1. The molecule has 0 saturated carbocycles. The van der Waals surface area contributed by atoms with Crippen molar-refractivity contribution in [1.82, 2.24) is 19.6 Å². The fourth-order valence-corrected chi connectivity index (χ4v) is 5.45. The molecule has 3 heterocycles. The van der Waals surface area contributed by atoms with E-state index in [-0.39, 0.29) is 23.8 Å². The summed E-state index contributed by atoms with van der Waals surface area (Å²) in [6, 6.07) is 8.37. The number of aromatic nitrogens is 2. The number of aromatic amines is 1. The Labute approximate surface area is 180 Å². The zero-order valence-corrected chi connectivity index (χ0v) is 18.0. The summed E-state index contributed by atoms with van der Waals surface area (Å²) in [7, 11) is -3.53. The van der Waals surface area contributed by atoms with E-state index in [0.717, 1.165) is 24.6 Å². The summed E-state index contributed by atoms with van der Waals surface area (Å²) in [4.78, 5) is 20.0. The Kier molecular flexibility index (Phi) is 6.19. The van der Waals surface area contributed by atoms with Gasteiger partial charge in [0.1, 0.15) is 5.65 Å². The summed E-state index contributed by atoms with van der Waals surface area (Å²) < 4.78 is 27.4. The van der Waals surface area contributed by atoms with Crippen molar-refractivity contribution in [2.24, 2.45) is 0 Å². The Morgan fingerprint density at radius 1 is 1.20 bits per heavy atom. The number of hydrogen-bond acceptors (Lipinski definition) is 5. The van der Waals surface area contributed by atoms with Crippen molar-refractivity contribution in [2.75, 3.05) is 19.6 Å². The van der Waals surface area contributed by atoms with E-state index < -0.39 is 10.0 Å². The summed E-state index contributed by atoms with van der Waals surface area (Å²) in [6.45, 7) is 1.48. The third kappa shape index (κ3) is 4.27. The lowest BCUT2D eigenvalue weighted by molar-refractivity contribution is 0.0992. The van der Waals surface area contributed by atoms with Gasteiger partial charge >= 0.3 is 0 Å². The van der Waals surface area contributed by atoms with E-state index >= 15 is 0 Å². The second-order valence-corrected chi connectivity index (χ2v) is 9.69. The van der Waals surface area contributed by atoms with Gasteiger partial charge in [0.15, 0.2) is 5.78 Å². The van der Waals surface area contributed by atoms with Crippen LogP contribution in [0.5, 0.6) is 0 Å².